The minimum atomic E-state index is -0.288. The Bertz CT molecular complexity index is 1060. The van der Waals surface area contributed by atoms with E-state index in [-0.39, 0.29) is 17.4 Å². The van der Waals surface area contributed by atoms with Crippen molar-refractivity contribution >= 4 is 21.8 Å². The first-order valence-corrected chi connectivity index (χ1v) is 8.44. The molecule has 0 saturated carbocycles. The summed E-state index contributed by atoms with van der Waals surface area (Å²) in [6, 6.07) is 16.1. The van der Waals surface area contributed by atoms with Crippen molar-refractivity contribution in [3.8, 4) is 0 Å². The molecule has 25 heavy (non-hydrogen) atoms. The number of H-pyrrole nitrogens is 1. The highest BCUT2D eigenvalue weighted by Crippen LogP contribution is 2.35. The number of hydrogen-bond donors (Lipinski definition) is 1. The van der Waals surface area contributed by atoms with Crippen LogP contribution in [0.4, 0.5) is 0 Å². The third-order valence-electron chi connectivity index (χ3n) is 4.86. The van der Waals surface area contributed by atoms with E-state index in [0.717, 1.165) is 39.5 Å². The minimum absolute atomic E-state index is 0.125. The zero-order valence-electron chi connectivity index (χ0n) is 14.0. The molecule has 0 bridgehead atoms. The number of para-hydroxylation sites is 2. The number of nitro groups is 1. The lowest BCUT2D eigenvalue weighted by Crippen LogP contribution is -2.13. The summed E-state index contributed by atoms with van der Waals surface area (Å²) in [5.74, 6) is -0.288. The summed E-state index contributed by atoms with van der Waals surface area (Å²) >= 11 is 0. The van der Waals surface area contributed by atoms with Crippen LogP contribution in [0.5, 0.6) is 0 Å². The van der Waals surface area contributed by atoms with Gasteiger partial charge in [-0.2, -0.15) is 0 Å². The fourth-order valence-electron chi connectivity index (χ4n) is 3.71. The van der Waals surface area contributed by atoms with Crippen LogP contribution < -0.4 is 0 Å². The molecule has 2 aromatic heterocycles. The monoisotopic (exact) mass is 333 g/mol. The van der Waals surface area contributed by atoms with Crippen LogP contribution in [0.25, 0.3) is 21.8 Å². The zero-order valence-corrected chi connectivity index (χ0v) is 14.0. The molecule has 4 rings (SSSR count). The van der Waals surface area contributed by atoms with E-state index in [9.17, 15) is 10.1 Å². The number of hydrogen-bond acceptors (Lipinski definition) is 2. The SMILES string of the molecule is CCn1cc(C(C[N+](=O)[O-])c2c[nH]c3ccccc23)c2ccccc21. The van der Waals surface area contributed by atoms with E-state index in [4.69, 9.17) is 0 Å². The Labute approximate surface area is 145 Å². The first kappa shape index (κ1) is 15.4. The number of aromatic nitrogens is 2. The summed E-state index contributed by atoms with van der Waals surface area (Å²) in [5, 5.41) is 13.5. The highest BCUT2D eigenvalue weighted by molar-refractivity contribution is 5.88. The summed E-state index contributed by atoms with van der Waals surface area (Å²) < 4.78 is 2.16. The summed E-state index contributed by atoms with van der Waals surface area (Å²) in [7, 11) is 0. The maximum atomic E-state index is 11.4. The molecule has 126 valence electrons. The molecule has 0 amide bonds. The molecular weight excluding hydrogens is 314 g/mol. The van der Waals surface area contributed by atoms with Crippen molar-refractivity contribution in [2.24, 2.45) is 0 Å². The van der Waals surface area contributed by atoms with E-state index in [1.54, 1.807) is 0 Å². The van der Waals surface area contributed by atoms with Gasteiger partial charge in [-0.1, -0.05) is 36.4 Å². The van der Waals surface area contributed by atoms with Crippen molar-refractivity contribution in [3.05, 3.63) is 82.2 Å². The number of nitrogens with one attached hydrogen (secondary N) is 1. The molecule has 4 aromatic rings. The number of nitrogens with zero attached hydrogens (tertiary/aromatic N) is 2. The second-order valence-electron chi connectivity index (χ2n) is 6.25. The van der Waals surface area contributed by atoms with Crippen LogP contribution in [0, 0.1) is 10.1 Å². The number of fused-ring (bicyclic) bond motifs is 2. The molecule has 0 saturated heterocycles. The Balaban J connectivity index is 1.95. The van der Waals surface area contributed by atoms with Crippen molar-refractivity contribution in [3.63, 3.8) is 0 Å². The van der Waals surface area contributed by atoms with Crippen LogP contribution in [0.1, 0.15) is 24.0 Å². The lowest BCUT2D eigenvalue weighted by molar-refractivity contribution is -0.481. The molecule has 2 heterocycles. The van der Waals surface area contributed by atoms with Gasteiger partial charge in [-0.3, -0.25) is 10.1 Å². The molecule has 0 aliphatic carbocycles. The molecule has 0 spiro atoms. The van der Waals surface area contributed by atoms with E-state index >= 15 is 0 Å². The number of aryl methyl sites for hydroxylation is 1. The molecule has 1 unspecified atom stereocenters. The molecular formula is C20H19N3O2. The average molecular weight is 333 g/mol. The topological polar surface area (TPSA) is 63.9 Å². The van der Waals surface area contributed by atoms with E-state index in [0.29, 0.717) is 0 Å². The molecule has 0 fully saturated rings. The van der Waals surface area contributed by atoms with Crippen LogP contribution in [0.15, 0.2) is 60.9 Å². The fourth-order valence-corrected chi connectivity index (χ4v) is 3.71. The molecule has 2 aromatic carbocycles. The Kier molecular flexibility index (Phi) is 3.76. The van der Waals surface area contributed by atoms with Gasteiger partial charge in [-0.05, 0) is 30.2 Å². The second kappa shape index (κ2) is 6.09. The van der Waals surface area contributed by atoms with Crippen molar-refractivity contribution in [2.45, 2.75) is 19.4 Å². The third-order valence-corrected chi connectivity index (χ3v) is 4.86. The van der Waals surface area contributed by atoms with Crippen LogP contribution >= 0.6 is 0 Å². The van der Waals surface area contributed by atoms with Gasteiger partial charge >= 0.3 is 0 Å². The van der Waals surface area contributed by atoms with Crippen LogP contribution in [-0.2, 0) is 6.54 Å². The van der Waals surface area contributed by atoms with Gasteiger partial charge in [0.05, 0.1) is 5.92 Å². The maximum Gasteiger partial charge on any atom is 0.214 e. The second-order valence-corrected chi connectivity index (χ2v) is 6.25. The average Bonchev–Trinajstić information content (AvgIpc) is 3.21. The standard InChI is InChI=1S/C20H19N3O2/c1-2-22-12-17(15-8-4-6-10-20(15)22)18(13-23(24)25)16-11-21-19-9-5-3-7-14(16)19/h3-12,18,21H,2,13H2,1H3. The van der Waals surface area contributed by atoms with Gasteiger partial charge in [0.2, 0.25) is 6.54 Å². The molecule has 1 N–H and O–H groups in total. The Morgan fingerprint density at radius 1 is 1.08 bits per heavy atom. The van der Waals surface area contributed by atoms with Crippen molar-refractivity contribution in [2.75, 3.05) is 6.54 Å². The molecule has 5 nitrogen and oxygen atoms in total. The Hall–Kier alpha value is -3.08. The quantitative estimate of drug-likeness (QED) is 0.430. The van der Waals surface area contributed by atoms with Crippen LogP contribution in [-0.4, -0.2) is 21.0 Å². The van der Waals surface area contributed by atoms with Crippen molar-refractivity contribution in [1.82, 2.24) is 9.55 Å². The van der Waals surface area contributed by atoms with Gasteiger partial charge in [0.1, 0.15) is 0 Å². The summed E-state index contributed by atoms with van der Waals surface area (Å²) in [6.07, 6.45) is 3.98. The van der Waals surface area contributed by atoms with Gasteiger partial charge in [0.15, 0.2) is 0 Å². The minimum Gasteiger partial charge on any atom is -0.361 e. The van der Waals surface area contributed by atoms with Gasteiger partial charge < -0.3 is 9.55 Å². The first-order valence-electron chi connectivity index (χ1n) is 8.44. The molecule has 1 atom stereocenters. The largest absolute Gasteiger partial charge is 0.361 e. The smallest absolute Gasteiger partial charge is 0.214 e. The lowest BCUT2D eigenvalue weighted by atomic mass is 9.91. The molecule has 0 aliphatic rings. The molecule has 0 aliphatic heterocycles. The highest BCUT2D eigenvalue weighted by Gasteiger charge is 2.26. The maximum absolute atomic E-state index is 11.4. The van der Waals surface area contributed by atoms with Gasteiger partial charge in [0, 0.05) is 45.7 Å². The van der Waals surface area contributed by atoms with Crippen LogP contribution in [0.3, 0.4) is 0 Å². The Morgan fingerprint density at radius 3 is 2.56 bits per heavy atom. The Morgan fingerprint density at radius 2 is 1.80 bits per heavy atom. The molecule has 5 heteroatoms. The summed E-state index contributed by atoms with van der Waals surface area (Å²) in [6.45, 7) is 2.80. The van der Waals surface area contributed by atoms with E-state index in [2.05, 4.69) is 34.8 Å². The zero-order chi connectivity index (χ0) is 17.4. The van der Waals surface area contributed by atoms with Gasteiger partial charge in [0.25, 0.3) is 0 Å². The normalized spacial score (nSPS) is 12.7. The van der Waals surface area contributed by atoms with Crippen molar-refractivity contribution < 1.29 is 4.92 Å². The van der Waals surface area contributed by atoms with Crippen LogP contribution in [0.2, 0.25) is 0 Å². The summed E-state index contributed by atoms with van der Waals surface area (Å²) in [4.78, 5) is 14.4. The lowest BCUT2D eigenvalue weighted by Gasteiger charge is -2.12. The number of benzene rings is 2. The van der Waals surface area contributed by atoms with E-state index < -0.39 is 0 Å². The first-order chi connectivity index (χ1) is 12.2. The highest BCUT2D eigenvalue weighted by atomic mass is 16.6. The fraction of sp³-hybridized carbons (Fsp3) is 0.200. The molecule has 0 radical (unpaired) electrons. The van der Waals surface area contributed by atoms with E-state index in [1.165, 1.54) is 0 Å². The number of aromatic amines is 1. The van der Waals surface area contributed by atoms with Gasteiger partial charge in [-0.25, -0.2) is 0 Å². The predicted octanol–water partition coefficient (Wildman–Crippen LogP) is 4.55. The third kappa shape index (κ3) is 2.58. The summed E-state index contributed by atoms with van der Waals surface area (Å²) in [5.41, 5.74) is 4.11. The van der Waals surface area contributed by atoms with Crippen molar-refractivity contribution in [1.29, 1.82) is 0 Å². The van der Waals surface area contributed by atoms with E-state index in [1.807, 2.05) is 42.6 Å². The van der Waals surface area contributed by atoms with Gasteiger partial charge in [-0.15, -0.1) is 0 Å². The predicted molar refractivity (Wildman–Crippen MR) is 99.6 cm³/mol. The number of rotatable bonds is 5.